The van der Waals surface area contributed by atoms with Crippen LogP contribution in [0.15, 0.2) is 12.1 Å². The largest absolute Gasteiger partial charge is 0.432 e. The van der Waals surface area contributed by atoms with Gasteiger partial charge in [0, 0.05) is 24.7 Å². The topological polar surface area (TPSA) is 50.5 Å². The maximum absolute atomic E-state index is 13.5. The van der Waals surface area contributed by atoms with E-state index in [0.717, 1.165) is 25.5 Å². The Morgan fingerprint density at radius 1 is 1.43 bits per heavy atom. The van der Waals surface area contributed by atoms with E-state index >= 15 is 0 Å². The van der Waals surface area contributed by atoms with Crippen molar-refractivity contribution in [3.63, 3.8) is 0 Å². The normalized spacial score (nSPS) is 19.8. The summed E-state index contributed by atoms with van der Waals surface area (Å²) < 4.78 is 42.0. The van der Waals surface area contributed by atoms with Gasteiger partial charge in [-0.3, -0.25) is 0 Å². The Morgan fingerprint density at radius 2 is 2.19 bits per heavy atom. The van der Waals surface area contributed by atoms with E-state index in [1.807, 2.05) is 7.05 Å². The second-order valence-electron chi connectivity index (χ2n) is 5.26. The molecular weight excluding hydrogens is 283 g/mol. The van der Waals surface area contributed by atoms with E-state index in [-0.39, 0.29) is 5.69 Å². The summed E-state index contributed by atoms with van der Waals surface area (Å²) >= 11 is 0. The Bertz CT molecular complexity index is 485. The summed E-state index contributed by atoms with van der Waals surface area (Å²) in [4.78, 5) is 2.24. The van der Waals surface area contributed by atoms with Gasteiger partial charge in [-0.25, -0.2) is 4.39 Å². The van der Waals surface area contributed by atoms with Gasteiger partial charge < -0.3 is 20.7 Å². The number of likely N-dealkylation sites (tertiary alicyclic amines) is 1. The molecule has 4 nitrogen and oxygen atoms in total. The molecule has 0 aromatic heterocycles. The minimum atomic E-state index is -3.07. The van der Waals surface area contributed by atoms with Crippen molar-refractivity contribution in [1.29, 1.82) is 0 Å². The number of benzene rings is 1. The molecule has 118 valence electrons. The third-order valence-corrected chi connectivity index (χ3v) is 3.77. The number of piperidine rings is 1. The SMILES string of the molecule is CN1CCCCC1CNc1cc(OC(F)F)c(F)cc1N. The van der Waals surface area contributed by atoms with Gasteiger partial charge in [0.1, 0.15) is 0 Å². The first kappa shape index (κ1) is 15.8. The highest BCUT2D eigenvalue weighted by Crippen LogP contribution is 2.29. The van der Waals surface area contributed by atoms with Crippen molar-refractivity contribution in [1.82, 2.24) is 4.90 Å². The van der Waals surface area contributed by atoms with E-state index in [0.29, 0.717) is 18.3 Å². The molecule has 1 saturated heterocycles. The van der Waals surface area contributed by atoms with E-state index in [4.69, 9.17) is 5.73 Å². The summed E-state index contributed by atoms with van der Waals surface area (Å²) in [5.74, 6) is -1.40. The molecule has 0 radical (unpaired) electrons. The number of ether oxygens (including phenoxy) is 1. The van der Waals surface area contributed by atoms with E-state index in [1.165, 1.54) is 12.5 Å². The molecule has 7 heteroatoms. The summed E-state index contributed by atoms with van der Waals surface area (Å²) in [5, 5.41) is 3.10. The number of rotatable bonds is 5. The third-order valence-electron chi connectivity index (χ3n) is 3.77. The first-order valence-electron chi connectivity index (χ1n) is 6.95. The first-order valence-corrected chi connectivity index (χ1v) is 6.95. The van der Waals surface area contributed by atoms with Gasteiger partial charge in [-0.1, -0.05) is 6.42 Å². The highest BCUT2D eigenvalue weighted by Gasteiger charge is 2.19. The Morgan fingerprint density at radius 3 is 2.86 bits per heavy atom. The molecule has 1 aliphatic rings. The zero-order valence-corrected chi connectivity index (χ0v) is 11.9. The number of hydrogen-bond donors (Lipinski definition) is 2. The van der Waals surface area contributed by atoms with Gasteiger partial charge in [-0.05, 0) is 26.4 Å². The summed E-state index contributed by atoms with van der Waals surface area (Å²) in [6, 6.07) is 2.52. The van der Waals surface area contributed by atoms with Crippen LogP contribution in [0.4, 0.5) is 24.5 Å². The highest BCUT2D eigenvalue weighted by molar-refractivity contribution is 5.68. The number of nitrogens with zero attached hydrogens (tertiary/aromatic N) is 1. The Hall–Kier alpha value is -1.63. The Balaban J connectivity index is 2.04. The predicted molar refractivity (Wildman–Crippen MR) is 76.2 cm³/mol. The number of halogens is 3. The molecule has 1 atom stereocenters. The number of anilines is 2. The van der Waals surface area contributed by atoms with E-state index < -0.39 is 18.2 Å². The van der Waals surface area contributed by atoms with Crippen LogP contribution in [-0.2, 0) is 0 Å². The van der Waals surface area contributed by atoms with Crippen LogP contribution < -0.4 is 15.8 Å². The maximum Gasteiger partial charge on any atom is 0.387 e. The van der Waals surface area contributed by atoms with Gasteiger partial charge in [0.15, 0.2) is 11.6 Å². The molecule has 0 aliphatic carbocycles. The maximum atomic E-state index is 13.5. The summed E-state index contributed by atoms with van der Waals surface area (Å²) in [6.45, 7) is -1.41. The third kappa shape index (κ3) is 4.17. The van der Waals surface area contributed by atoms with Gasteiger partial charge in [0.25, 0.3) is 0 Å². The monoisotopic (exact) mass is 303 g/mol. The van der Waals surface area contributed by atoms with Crippen LogP contribution in [0.2, 0.25) is 0 Å². The molecule has 1 heterocycles. The average molecular weight is 303 g/mol. The lowest BCUT2D eigenvalue weighted by molar-refractivity contribution is -0.0521. The lowest BCUT2D eigenvalue weighted by Gasteiger charge is -2.32. The number of hydrogen-bond acceptors (Lipinski definition) is 4. The van der Waals surface area contributed by atoms with Crippen LogP contribution in [-0.4, -0.2) is 37.7 Å². The fourth-order valence-corrected chi connectivity index (χ4v) is 2.54. The van der Waals surface area contributed by atoms with Gasteiger partial charge in [0.05, 0.1) is 11.4 Å². The van der Waals surface area contributed by atoms with Gasteiger partial charge in [-0.2, -0.15) is 8.78 Å². The number of nitrogen functional groups attached to an aromatic ring is 1. The quantitative estimate of drug-likeness (QED) is 0.821. The molecule has 1 aromatic rings. The van der Waals surface area contributed by atoms with Crippen molar-refractivity contribution in [3.8, 4) is 5.75 Å². The minimum Gasteiger partial charge on any atom is -0.432 e. The predicted octanol–water partition coefficient (Wildman–Crippen LogP) is 2.91. The molecule has 0 spiro atoms. The number of likely N-dealkylation sites (N-methyl/N-ethyl adjacent to an activating group) is 1. The molecule has 0 saturated carbocycles. The van der Waals surface area contributed by atoms with Crippen LogP contribution >= 0.6 is 0 Å². The first-order chi connectivity index (χ1) is 9.97. The van der Waals surface area contributed by atoms with Crippen molar-refractivity contribution >= 4 is 11.4 Å². The van der Waals surface area contributed by atoms with Crippen LogP contribution in [0.5, 0.6) is 5.75 Å². The fraction of sp³-hybridized carbons (Fsp3) is 0.571. The highest BCUT2D eigenvalue weighted by atomic mass is 19.3. The van der Waals surface area contributed by atoms with Gasteiger partial charge in [-0.15, -0.1) is 0 Å². The molecule has 0 bridgehead atoms. The zero-order chi connectivity index (χ0) is 15.4. The minimum absolute atomic E-state index is 0.174. The van der Waals surface area contributed by atoms with Crippen LogP contribution in [0.25, 0.3) is 0 Å². The Labute approximate surface area is 122 Å². The molecule has 0 amide bonds. The van der Waals surface area contributed by atoms with Gasteiger partial charge in [0.2, 0.25) is 0 Å². The molecule has 1 unspecified atom stereocenters. The molecule has 1 aliphatic heterocycles. The standard InChI is InChI=1S/C14H20F3N3O/c1-20-5-3-2-4-9(20)8-19-12-7-13(21-14(16)17)10(15)6-11(12)18/h6-7,9,14,19H,2-5,8,18H2,1H3. The van der Waals surface area contributed by atoms with Gasteiger partial charge >= 0.3 is 6.61 Å². The Kier molecular flexibility index (Phi) is 5.17. The van der Waals surface area contributed by atoms with E-state index in [2.05, 4.69) is 15.0 Å². The number of nitrogens with one attached hydrogen (secondary N) is 1. The van der Waals surface area contributed by atoms with Crippen LogP contribution in [0, 0.1) is 5.82 Å². The summed E-state index contributed by atoms with van der Waals surface area (Å²) in [6.07, 6.45) is 3.40. The molecule has 1 aromatic carbocycles. The second kappa shape index (κ2) is 6.89. The van der Waals surface area contributed by atoms with Crippen LogP contribution in [0.1, 0.15) is 19.3 Å². The van der Waals surface area contributed by atoms with E-state index in [1.54, 1.807) is 0 Å². The number of alkyl halides is 2. The van der Waals surface area contributed by atoms with Crippen molar-refractivity contribution in [2.75, 3.05) is 31.2 Å². The summed E-state index contributed by atoms with van der Waals surface area (Å²) in [5.41, 5.74) is 6.29. The molecule has 1 fully saturated rings. The fourth-order valence-electron chi connectivity index (χ4n) is 2.54. The number of nitrogens with two attached hydrogens (primary N) is 1. The smallest absolute Gasteiger partial charge is 0.387 e. The average Bonchev–Trinajstić information content (AvgIpc) is 2.41. The molecule has 2 rings (SSSR count). The lowest BCUT2D eigenvalue weighted by atomic mass is 10.0. The molecular formula is C14H20F3N3O. The van der Waals surface area contributed by atoms with Crippen molar-refractivity contribution in [2.24, 2.45) is 0 Å². The summed E-state index contributed by atoms with van der Waals surface area (Å²) in [7, 11) is 2.05. The van der Waals surface area contributed by atoms with Crippen molar-refractivity contribution in [2.45, 2.75) is 31.9 Å². The zero-order valence-electron chi connectivity index (χ0n) is 11.9. The lowest BCUT2D eigenvalue weighted by Crippen LogP contribution is -2.40. The molecule has 3 N–H and O–H groups in total. The van der Waals surface area contributed by atoms with E-state index in [9.17, 15) is 13.2 Å². The van der Waals surface area contributed by atoms with Crippen molar-refractivity contribution in [3.05, 3.63) is 17.9 Å². The molecule has 21 heavy (non-hydrogen) atoms. The second-order valence-corrected chi connectivity index (χ2v) is 5.26. The van der Waals surface area contributed by atoms with Crippen molar-refractivity contribution < 1.29 is 17.9 Å². The van der Waals surface area contributed by atoms with Crippen LogP contribution in [0.3, 0.4) is 0 Å².